The lowest BCUT2D eigenvalue weighted by Gasteiger charge is -2.18. The highest BCUT2D eigenvalue weighted by Gasteiger charge is 2.21. The summed E-state index contributed by atoms with van der Waals surface area (Å²) in [4.78, 5) is 0. The second-order valence-corrected chi connectivity index (χ2v) is 8.91. The zero-order valence-corrected chi connectivity index (χ0v) is 18.3. The van der Waals surface area contributed by atoms with Gasteiger partial charge in [0.2, 0.25) is 0 Å². The van der Waals surface area contributed by atoms with Crippen molar-refractivity contribution in [1.82, 2.24) is 0 Å². The molecule has 0 N–H and O–H groups in total. The number of hydrogen-bond acceptors (Lipinski definition) is 0. The van der Waals surface area contributed by atoms with Crippen LogP contribution in [0.15, 0.2) is 121 Å². The molecule has 1 aliphatic rings. The van der Waals surface area contributed by atoms with Gasteiger partial charge < -0.3 is 0 Å². The normalized spacial score (nSPS) is 12.1. The van der Waals surface area contributed by atoms with E-state index in [9.17, 15) is 0 Å². The second kappa shape index (κ2) is 7.18. The van der Waals surface area contributed by atoms with Crippen molar-refractivity contribution >= 4 is 21.5 Å². The van der Waals surface area contributed by atoms with Crippen LogP contribution in [0.3, 0.4) is 0 Å². The molecule has 1 aliphatic carbocycles. The minimum Gasteiger partial charge on any atom is -0.0622 e. The summed E-state index contributed by atoms with van der Waals surface area (Å²) in [5.41, 5.74) is 10.8. The SMILES string of the molecule is c1ccc(-c2c3ccccc3c(-c3ccc4c(c3)-c3ccccc3C4)c3ccccc23)cc1. The molecule has 0 radical (unpaired) electrons. The molecule has 6 aromatic rings. The van der Waals surface area contributed by atoms with Crippen molar-refractivity contribution in [2.24, 2.45) is 0 Å². The van der Waals surface area contributed by atoms with E-state index < -0.39 is 0 Å². The van der Waals surface area contributed by atoms with Gasteiger partial charge in [-0.3, -0.25) is 0 Å². The van der Waals surface area contributed by atoms with Gasteiger partial charge in [0.15, 0.2) is 0 Å². The summed E-state index contributed by atoms with van der Waals surface area (Å²) >= 11 is 0. The lowest BCUT2D eigenvalue weighted by atomic mass is 9.85. The third-order valence-electron chi connectivity index (χ3n) is 7.08. The van der Waals surface area contributed by atoms with E-state index in [0.717, 1.165) is 6.42 Å². The number of rotatable bonds is 2. The summed E-state index contributed by atoms with van der Waals surface area (Å²) in [6, 6.07) is 44.4. The van der Waals surface area contributed by atoms with Crippen LogP contribution in [0.1, 0.15) is 11.1 Å². The maximum absolute atomic E-state index is 2.41. The molecule has 0 bridgehead atoms. The number of fused-ring (bicyclic) bond motifs is 5. The molecule has 0 saturated heterocycles. The van der Waals surface area contributed by atoms with Crippen molar-refractivity contribution in [3.63, 3.8) is 0 Å². The van der Waals surface area contributed by atoms with Crippen molar-refractivity contribution < 1.29 is 0 Å². The topological polar surface area (TPSA) is 0 Å². The van der Waals surface area contributed by atoms with Gasteiger partial charge in [0.1, 0.15) is 0 Å². The minimum absolute atomic E-state index is 1.03. The molecule has 0 fully saturated rings. The van der Waals surface area contributed by atoms with Gasteiger partial charge in [-0.25, -0.2) is 0 Å². The molecule has 0 nitrogen and oxygen atoms in total. The molecule has 0 atom stereocenters. The first-order valence-corrected chi connectivity index (χ1v) is 11.6. The molecule has 6 aromatic carbocycles. The Hall–Kier alpha value is -4.16. The Morgan fingerprint density at radius 3 is 1.55 bits per heavy atom. The molecule has 0 heteroatoms. The van der Waals surface area contributed by atoms with Gasteiger partial charge in [0.25, 0.3) is 0 Å². The van der Waals surface area contributed by atoms with Gasteiger partial charge in [0, 0.05) is 0 Å². The lowest BCUT2D eigenvalue weighted by Crippen LogP contribution is -1.91. The summed E-state index contributed by atoms with van der Waals surface area (Å²) in [5, 5.41) is 5.22. The Kier molecular flexibility index (Phi) is 4.01. The Balaban J connectivity index is 1.58. The van der Waals surface area contributed by atoms with E-state index in [2.05, 4.69) is 121 Å². The molecule has 33 heavy (non-hydrogen) atoms. The molecule has 0 heterocycles. The molecular formula is C33H22. The molecule has 154 valence electrons. The van der Waals surface area contributed by atoms with E-state index in [4.69, 9.17) is 0 Å². The largest absolute Gasteiger partial charge is 0.0622 e. The fraction of sp³-hybridized carbons (Fsp3) is 0.0303. The van der Waals surface area contributed by atoms with Crippen LogP contribution in [0.25, 0.3) is 54.9 Å². The average Bonchev–Trinajstić information content (AvgIpc) is 3.25. The van der Waals surface area contributed by atoms with E-state index in [1.807, 2.05) is 0 Å². The highest BCUT2D eigenvalue weighted by Crippen LogP contribution is 2.45. The van der Waals surface area contributed by atoms with Crippen LogP contribution in [0, 0.1) is 0 Å². The Morgan fingerprint density at radius 1 is 0.364 bits per heavy atom. The Bertz CT molecular complexity index is 1620. The molecule has 0 aromatic heterocycles. The Labute approximate surface area is 193 Å². The predicted molar refractivity (Wildman–Crippen MR) is 141 cm³/mol. The van der Waals surface area contributed by atoms with Crippen molar-refractivity contribution in [3.05, 3.63) is 132 Å². The van der Waals surface area contributed by atoms with Crippen LogP contribution < -0.4 is 0 Å². The van der Waals surface area contributed by atoms with Crippen LogP contribution in [0.4, 0.5) is 0 Å². The first-order chi connectivity index (χ1) is 16.4. The molecule has 0 spiro atoms. The van der Waals surface area contributed by atoms with E-state index in [0.29, 0.717) is 0 Å². The van der Waals surface area contributed by atoms with E-state index in [-0.39, 0.29) is 0 Å². The number of benzene rings is 6. The fourth-order valence-electron chi connectivity index (χ4n) is 5.63. The summed E-state index contributed by atoms with van der Waals surface area (Å²) in [6.07, 6.45) is 1.03. The third-order valence-corrected chi connectivity index (χ3v) is 7.08. The quantitative estimate of drug-likeness (QED) is 0.246. The van der Waals surface area contributed by atoms with Crippen molar-refractivity contribution in [3.8, 4) is 33.4 Å². The molecular weight excluding hydrogens is 396 g/mol. The molecule has 0 aliphatic heterocycles. The average molecular weight is 419 g/mol. The molecule has 0 unspecified atom stereocenters. The van der Waals surface area contributed by atoms with Crippen molar-refractivity contribution in [2.75, 3.05) is 0 Å². The minimum atomic E-state index is 1.03. The van der Waals surface area contributed by atoms with Gasteiger partial charge in [0.05, 0.1) is 0 Å². The van der Waals surface area contributed by atoms with Gasteiger partial charge in [-0.2, -0.15) is 0 Å². The van der Waals surface area contributed by atoms with E-state index >= 15 is 0 Å². The van der Waals surface area contributed by atoms with Gasteiger partial charge in [-0.05, 0) is 78.5 Å². The van der Waals surface area contributed by atoms with Crippen LogP contribution in [0.5, 0.6) is 0 Å². The first kappa shape index (κ1) is 18.4. The maximum atomic E-state index is 2.41. The lowest BCUT2D eigenvalue weighted by molar-refractivity contribution is 1.26. The van der Waals surface area contributed by atoms with Crippen molar-refractivity contribution in [1.29, 1.82) is 0 Å². The highest BCUT2D eigenvalue weighted by molar-refractivity contribution is 6.21. The second-order valence-electron chi connectivity index (χ2n) is 8.91. The van der Waals surface area contributed by atoms with E-state index in [1.54, 1.807) is 0 Å². The van der Waals surface area contributed by atoms with Crippen LogP contribution in [-0.2, 0) is 6.42 Å². The standard InChI is InChI=1S/C33H22/c1-2-10-22(11-3-1)32-27-14-6-8-16-29(27)33(30-17-9-7-15-28(30)32)25-19-18-24-20-23-12-4-5-13-26(23)31(24)21-25/h1-19,21H,20H2. The number of hydrogen-bond donors (Lipinski definition) is 0. The van der Waals surface area contributed by atoms with Gasteiger partial charge in [-0.1, -0.05) is 115 Å². The fourth-order valence-corrected chi connectivity index (χ4v) is 5.63. The summed E-state index contributed by atoms with van der Waals surface area (Å²) in [7, 11) is 0. The van der Waals surface area contributed by atoms with E-state index in [1.165, 1.54) is 66.1 Å². The molecule has 7 rings (SSSR count). The highest BCUT2D eigenvalue weighted by atomic mass is 14.2. The zero-order valence-electron chi connectivity index (χ0n) is 18.3. The summed E-state index contributed by atoms with van der Waals surface area (Å²) in [6.45, 7) is 0. The van der Waals surface area contributed by atoms with Crippen LogP contribution in [0.2, 0.25) is 0 Å². The maximum Gasteiger partial charge on any atom is -0.00134 e. The third kappa shape index (κ3) is 2.78. The summed E-state index contributed by atoms with van der Waals surface area (Å²) in [5.74, 6) is 0. The van der Waals surface area contributed by atoms with Crippen molar-refractivity contribution in [2.45, 2.75) is 6.42 Å². The van der Waals surface area contributed by atoms with Crippen LogP contribution in [-0.4, -0.2) is 0 Å². The van der Waals surface area contributed by atoms with Crippen LogP contribution >= 0.6 is 0 Å². The van der Waals surface area contributed by atoms with Gasteiger partial charge in [-0.15, -0.1) is 0 Å². The molecule has 0 amide bonds. The predicted octanol–water partition coefficient (Wildman–Crippen LogP) is 8.90. The van der Waals surface area contributed by atoms with Gasteiger partial charge >= 0.3 is 0 Å². The zero-order chi connectivity index (χ0) is 21.8. The first-order valence-electron chi connectivity index (χ1n) is 11.6. The molecule has 0 saturated carbocycles. The Morgan fingerprint density at radius 2 is 0.879 bits per heavy atom. The summed E-state index contributed by atoms with van der Waals surface area (Å²) < 4.78 is 0. The smallest absolute Gasteiger partial charge is 0.00134 e. The monoisotopic (exact) mass is 418 g/mol.